The summed E-state index contributed by atoms with van der Waals surface area (Å²) in [4.78, 5) is 0. The molecular formula is C4H16F2O4U. The minimum atomic E-state index is -3.01. The molecule has 0 spiro atoms. The van der Waals surface area contributed by atoms with E-state index >= 15 is 0 Å². The average Bonchev–Trinajstić information content (AvgIpc) is 2.18. The first kappa shape index (κ1) is 29.8. The molecule has 0 bridgehead atoms. The normalized spacial score (nSPS) is 3.09. The van der Waals surface area contributed by atoms with Crippen molar-refractivity contribution in [2.45, 2.75) is 0 Å². The second-order valence-electron chi connectivity index (χ2n) is 0.0714. The Kier molecular flexibility index (Phi) is 903. The van der Waals surface area contributed by atoms with Gasteiger partial charge in [0.05, 0.1) is 0 Å². The van der Waals surface area contributed by atoms with E-state index in [4.69, 9.17) is 20.4 Å². The summed E-state index contributed by atoms with van der Waals surface area (Å²) in [6.45, 7) is 0. The number of aliphatic hydroxyl groups excluding tert-OH is 4. The Morgan fingerprint density at radius 3 is 0.636 bits per heavy atom. The fourth-order valence-corrected chi connectivity index (χ4v) is 0. The summed E-state index contributed by atoms with van der Waals surface area (Å²) in [7, 11) is 4.00. The molecule has 4 nitrogen and oxygen atoms in total. The SMILES string of the molecule is CO.CO.CO.CO.[F][U][F]. The van der Waals surface area contributed by atoms with Gasteiger partial charge in [0, 0.05) is 28.4 Å². The predicted molar refractivity (Wildman–Crippen MR) is 34.8 cm³/mol. The maximum absolute atomic E-state index is 9.83. The summed E-state index contributed by atoms with van der Waals surface area (Å²) in [5, 5.41) is 28.0. The molecule has 74 valence electrons. The van der Waals surface area contributed by atoms with Crippen LogP contribution in [0, 0.1) is 29.1 Å². The summed E-state index contributed by atoms with van der Waals surface area (Å²) in [5.74, 6) is 0. The molecule has 0 aliphatic heterocycles. The van der Waals surface area contributed by atoms with Gasteiger partial charge in [-0.15, -0.1) is 0 Å². The van der Waals surface area contributed by atoms with Gasteiger partial charge in [0.15, 0.2) is 0 Å². The van der Waals surface area contributed by atoms with Gasteiger partial charge < -0.3 is 20.4 Å². The van der Waals surface area contributed by atoms with Crippen molar-refractivity contribution in [1.29, 1.82) is 0 Å². The van der Waals surface area contributed by atoms with E-state index in [1.807, 2.05) is 0 Å². The van der Waals surface area contributed by atoms with Crippen molar-refractivity contribution in [3.63, 3.8) is 0 Å². The number of halogens is 2. The van der Waals surface area contributed by atoms with Crippen LogP contribution >= 0.6 is 0 Å². The van der Waals surface area contributed by atoms with Crippen LogP contribution in [0.25, 0.3) is 0 Å². The molecule has 0 rings (SSSR count). The molecule has 0 aromatic rings. The number of rotatable bonds is 0. The Morgan fingerprint density at radius 1 is 0.636 bits per heavy atom. The monoisotopic (exact) mass is 404 g/mol. The van der Waals surface area contributed by atoms with E-state index in [1.54, 1.807) is 0 Å². The van der Waals surface area contributed by atoms with Crippen molar-refractivity contribution in [2.75, 3.05) is 28.4 Å². The van der Waals surface area contributed by atoms with E-state index in [0.717, 1.165) is 28.4 Å². The molecule has 0 unspecified atom stereocenters. The molecule has 0 heterocycles. The van der Waals surface area contributed by atoms with Crippen molar-refractivity contribution >= 4 is 0 Å². The number of aliphatic hydroxyl groups is 4. The van der Waals surface area contributed by atoms with E-state index in [0.29, 0.717) is 0 Å². The van der Waals surface area contributed by atoms with Gasteiger partial charge in [-0.05, 0) is 0 Å². The predicted octanol–water partition coefficient (Wildman–Crippen LogP) is -0.726. The summed E-state index contributed by atoms with van der Waals surface area (Å²) < 4.78 is 19.7. The van der Waals surface area contributed by atoms with Gasteiger partial charge in [-0.25, -0.2) is 0 Å². The molecule has 4 N–H and O–H groups in total. The van der Waals surface area contributed by atoms with Crippen molar-refractivity contribution in [3.05, 3.63) is 0 Å². The van der Waals surface area contributed by atoms with E-state index in [-0.39, 0.29) is 0 Å². The number of hydrogen-bond donors (Lipinski definition) is 4. The first-order chi connectivity index (χ1) is 5.41. The van der Waals surface area contributed by atoms with Gasteiger partial charge in [-0.3, -0.25) is 0 Å². The van der Waals surface area contributed by atoms with Crippen LogP contribution in [0.1, 0.15) is 0 Å². The van der Waals surface area contributed by atoms with Gasteiger partial charge in [0.2, 0.25) is 0 Å². The number of hydrogen-bond acceptors (Lipinski definition) is 4. The van der Waals surface area contributed by atoms with Gasteiger partial charge >= 0.3 is 33.3 Å². The Bertz CT molecular complexity index is 20.1. The van der Waals surface area contributed by atoms with Gasteiger partial charge in [-0.1, -0.05) is 0 Å². The van der Waals surface area contributed by atoms with Gasteiger partial charge in [0.25, 0.3) is 0 Å². The van der Waals surface area contributed by atoms with E-state index in [2.05, 4.69) is 0 Å². The molecule has 0 aromatic heterocycles. The third kappa shape index (κ3) is 1460. The van der Waals surface area contributed by atoms with E-state index in [9.17, 15) is 4.20 Å². The fraction of sp³-hybridized carbons (Fsp3) is 1.00. The van der Waals surface area contributed by atoms with Crippen LogP contribution in [0.2, 0.25) is 0 Å². The third-order valence-corrected chi connectivity index (χ3v) is 0. The molecule has 0 aliphatic rings. The summed E-state index contributed by atoms with van der Waals surface area (Å²) in [5.41, 5.74) is 0. The topological polar surface area (TPSA) is 80.9 Å². The quantitative estimate of drug-likeness (QED) is 0.430. The zero-order valence-electron chi connectivity index (χ0n) is 7.04. The molecule has 0 amide bonds. The Labute approximate surface area is 82.1 Å². The standard InChI is InChI=1S/4CH4O.2FH.U/c4*1-2;;;/h4*2H,1H3;2*1H;/q;;;;;;+2/p-2. The van der Waals surface area contributed by atoms with Crippen molar-refractivity contribution in [3.8, 4) is 0 Å². The maximum atomic E-state index is 9.83. The molecule has 0 radical (unpaired) electrons. The first-order valence-corrected chi connectivity index (χ1v) is 5.31. The molecule has 11 heavy (non-hydrogen) atoms. The van der Waals surface area contributed by atoms with Crippen LogP contribution in [0.4, 0.5) is 4.20 Å². The van der Waals surface area contributed by atoms with Gasteiger partial charge in [0.1, 0.15) is 0 Å². The van der Waals surface area contributed by atoms with E-state index < -0.39 is 29.1 Å². The summed E-state index contributed by atoms with van der Waals surface area (Å²) in [6.07, 6.45) is 0. The molecule has 7 heteroatoms. The fourth-order valence-electron chi connectivity index (χ4n) is 0. The Morgan fingerprint density at radius 2 is 0.636 bits per heavy atom. The zero-order chi connectivity index (χ0) is 10.7. The van der Waals surface area contributed by atoms with Crippen molar-refractivity contribution < 1.29 is 53.7 Å². The second kappa shape index (κ2) is 333. The van der Waals surface area contributed by atoms with Crippen LogP contribution in [0.5, 0.6) is 0 Å². The second-order valence-corrected chi connectivity index (χ2v) is 0.666. The molecule has 0 saturated heterocycles. The molecule has 0 aromatic carbocycles. The molecule has 0 fully saturated rings. The van der Waals surface area contributed by atoms with Crippen molar-refractivity contribution in [2.24, 2.45) is 0 Å². The molecule has 0 aliphatic carbocycles. The van der Waals surface area contributed by atoms with Crippen LogP contribution in [-0.4, -0.2) is 48.9 Å². The summed E-state index contributed by atoms with van der Waals surface area (Å²) in [6, 6.07) is 0. The molecular weight excluding hydrogens is 388 g/mol. The van der Waals surface area contributed by atoms with Crippen LogP contribution in [0.15, 0.2) is 0 Å². The molecule has 0 saturated carbocycles. The van der Waals surface area contributed by atoms with Crippen LogP contribution in [-0.2, 0) is 0 Å². The third-order valence-electron chi connectivity index (χ3n) is 0. The zero-order valence-corrected chi connectivity index (χ0v) is 11.2. The average molecular weight is 404 g/mol. The summed E-state index contributed by atoms with van der Waals surface area (Å²) >= 11 is -3.01. The van der Waals surface area contributed by atoms with E-state index in [1.165, 1.54) is 0 Å². The van der Waals surface area contributed by atoms with Gasteiger partial charge in [-0.2, -0.15) is 0 Å². The Balaban J connectivity index is -0.0000000139. The minimum absolute atomic E-state index is 1.00. The van der Waals surface area contributed by atoms with Crippen molar-refractivity contribution in [1.82, 2.24) is 0 Å². The van der Waals surface area contributed by atoms with Crippen LogP contribution < -0.4 is 0 Å². The Hall–Kier alpha value is 0.752. The van der Waals surface area contributed by atoms with Crippen LogP contribution in [0.3, 0.4) is 0 Å². The molecule has 0 atom stereocenters. The first-order valence-electron chi connectivity index (χ1n) is 2.17.